The number of aromatic amines is 1. The van der Waals surface area contributed by atoms with Crippen LogP contribution >= 0.6 is 11.6 Å². The van der Waals surface area contributed by atoms with E-state index in [1.165, 1.54) is 16.4 Å². The highest BCUT2D eigenvalue weighted by Gasteiger charge is 2.31. The average Bonchev–Trinajstić information content (AvgIpc) is 3.05. The second-order valence-corrected chi connectivity index (χ2v) is 8.83. The largest absolute Gasteiger partial charge is 0.349 e. The zero-order valence-corrected chi connectivity index (χ0v) is 16.3. The molecule has 1 aliphatic heterocycles. The molecule has 1 N–H and O–H groups in total. The standard InChI is InChI=1S/C19H17ClFN3O3S/c20-17-15-3-1-2-4-16(15)22-18(17)19(25)23-9-11-24(12-10-23)28(26,27)14-7-5-13(21)6-8-14/h1-8,22H,9-12H2. The summed E-state index contributed by atoms with van der Waals surface area (Å²) in [5.74, 6) is -0.760. The molecule has 2 heterocycles. The predicted octanol–water partition coefficient (Wildman–Crippen LogP) is 3.11. The van der Waals surface area contributed by atoms with Crippen LogP contribution in [0.3, 0.4) is 0 Å². The Kier molecular flexibility index (Phi) is 4.86. The molecule has 9 heteroatoms. The van der Waals surface area contributed by atoms with Crippen molar-refractivity contribution in [3.8, 4) is 0 Å². The number of carbonyl (C=O) groups excluding carboxylic acids is 1. The highest BCUT2D eigenvalue weighted by molar-refractivity contribution is 7.89. The fraction of sp³-hybridized carbons (Fsp3) is 0.211. The number of rotatable bonds is 3. The van der Waals surface area contributed by atoms with E-state index in [0.717, 1.165) is 23.0 Å². The van der Waals surface area contributed by atoms with Crippen LogP contribution in [-0.4, -0.2) is 54.7 Å². The molecule has 0 saturated carbocycles. The number of fused-ring (bicyclic) bond motifs is 1. The summed E-state index contributed by atoms with van der Waals surface area (Å²) in [4.78, 5) is 17.5. The molecule has 1 amide bonds. The van der Waals surface area contributed by atoms with E-state index >= 15 is 0 Å². The molecule has 0 radical (unpaired) electrons. The van der Waals surface area contributed by atoms with Crippen LogP contribution in [0.5, 0.6) is 0 Å². The van der Waals surface area contributed by atoms with Gasteiger partial charge in [-0.05, 0) is 30.3 Å². The summed E-state index contributed by atoms with van der Waals surface area (Å²) in [6.07, 6.45) is 0. The van der Waals surface area contributed by atoms with Gasteiger partial charge in [0.25, 0.3) is 5.91 Å². The van der Waals surface area contributed by atoms with Gasteiger partial charge in [-0.3, -0.25) is 4.79 Å². The van der Waals surface area contributed by atoms with Gasteiger partial charge in [0.15, 0.2) is 0 Å². The summed E-state index contributed by atoms with van der Waals surface area (Å²) in [6.45, 7) is 0.794. The molecular weight excluding hydrogens is 405 g/mol. The summed E-state index contributed by atoms with van der Waals surface area (Å²) in [7, 11) is -3.73. The van der Waals surface area contributed by atoms with Gasteiger partial charge in [0.1, 0.15) is 11.5 Å². The summed E-state index contributed by atoms with van der Waals surface area (Å²) < 4.78 is 39.7. The summed E-state index contributed by atoms with van der Waals surface area (Å²) in [6, 6.07) is 12.1. The van der Waals surface area contributed by atoms with E-state index in [4.69, 9.17) is 11.6 Å². The van der Waals surface area contributed by atoms with Gasteiger partial charge in [0, 0.05) is 37.1 Å². The lowest BCUT2D eigenvalue weighted by Gasteiger charge is -2.33. The number of halogens is 2. The van der Waals surface area contributed by atoms with Crippen LogP contribution in [0.2, 0.25) is 5.02 Å². The van der Waals surface area contributed by atoms with Crippen molar-refractivity contribution < 1.29 is 17.6 Å². The maximum atomic E-state index is 13.1. The van der Waals surface area contributed by atoms with Crippen LogP contribution < -0.4 is 0 Å². The fourth-order valence-electron chi connectivity index (χ4n) is 3.30. The van der Waals surface area contributed by atoms with Crippen molar-refractivity contribution in [3.05, 3.63) is 65.1 Å². The number of nitrogens with one attached hydrogen (secondary N) is 1. The topological polar surface area (TPSA) is 73.5 Å². The lowest BCUT2D eigenvalue weighted by atomic mass is 10.2. The highest BCUT2D eigenvalue weighted by atomic mass is 35.5. The monoisotopic (exact) mass is 421 g/mol. The quantitative estimate of drug-likeness (QED) is 0.706. The number of carbonyl (C=O) groups is 1. The minimum Gasteiger partial charge on any atom is -0.349 e. The Morgan fingerprint density at radius 2 is 1.64 bits per heavy atom. The Morgan fingerprint density at radius 1 is 1.00 bits per heavy atom. The molecule has 2 aromatic carbocycles. The molecule has 1 aromatic heterocycles. The highest BCUT2D eigenvalue weighted by Crippen LogP contribution is 2.28. The first kappa shape index (κ1) is 18.9. The first-order chi connectivity index (χ1) is 13.4. The first-order valence-electron chi connectivity index (χ1n) is 8.69. The Hall–Kier alpha value is -2.42. The molecule has 0 atom stereocenters. The number of amides is 1. The van der Waals surface area contributed by atoms with Crippen molar-refractivity contribution in [3.63, 3.8) is 0 Å². The maximum absolute atomic E-state index is 13.1. The molecule has 0 spiro atoms. The molecule has 0 unspecified atom stereocenters. The molecule has 1 fully saturated rings. The van der Waals surface area contributed by atoms with Crippen molar-refractivity contribution in [1.29, 1.82) is 0 Å². The van der Waals surface area contributed by atoms with E-state index in [1.807, 2.05) is 24.3 Å². The zero-order chi connectivity index (χ0) is 19.9. The molecule has 0 aliphatic carbocycles. The normalized spacial score (nSPS) is 15.9. The molecule has 28 heavy (non-hydrogen) atoms. The van der Waals surface area contributed by atoms with Gasteiger partial charge in [-0.1, -0.05) is 29.8 Å². The van der Waals surface area contributed by atoms with Crippen molar-refractivity contribution in [1.82, 2.24) is 14.2 Å². The number of benzene rings is 2. The Balaban J connectivity index is 1.49. The Morgan fingerprint density at radius 3 is 2.29 bits per heavy atom. The van der Waals surface area contributed by atoms with Crippen molar-refractivity contribution >= 4 is 38.4 Å². The van der Waals surface area contributed by atoms with Crippen LogP contribution in [0.25, 0.3) is 10.9 Å². The van der Waals surface area contributed by atoms with E-state index in [1.54, 1.807) is 4.90 Å². The van der Waals surface area contributed by atoms with E-state index < -0.39 is 15.8 Å². The van der Waals surface area contributed by atoms with Crippen LogP contribution in [-0.2, 0) is 10.0 Å². The minimum atomic E-state index is -3.73. The number of H-pyrrole nitrogens is 1. The van der Waals surface area contributed by atoms with Crippen molar-refractivity contribution in [2.45, 2.75) is 4.90 Å². The van der Waals surface area contributed by atoms with Crippen molar-refractivity contribution in [2.24, 2.45) is 0 Å². The van der Waals surface area contributed by atoms with E-state index in [9.17, 15) is 17.6 Å². The van der Waals surface area contributed by atoms with Gasteiger partial charge in [-0.2, -0.15) is 4.31 Å². The minimum absolute atomic E-state index is 0.0346. The van der Waals surface area contributed by atoms with Gasteiger partial charge in [-0.25, -0.2) is 12.8 Å². The van der Waals surface area contributed by atoms with Gasteiger partial charge in [-0.15, -0.1) is 0 Å². The van der Waals surface area contributed by atoms with E-state index in [2.05, 4.69) is 4.98 Å². The summed E-state index contributed by atoms with van der Waals surface area (Å²) in [5, 5.41) is 1.13. The van der Waals surface area contributed by atoms with Crippen LogP contribution in [0, 0.1) is 5.82 Å². The third-order valence-electron chi connectivity index (χ3n) is 4.83. The number of piperazine rings is 1. The molecule has 0 bridgehead atoms. The molecule has 4 rings (SSSR count). The lowest BCUT2D eigenvalue weighted by molar-refractivity contribution is 0.0693. The number of hydrogen-bond acceptors (Lipinski definition) is 3. The first-order valence-corrected chi connectivity index (χ1v) is 10.5. The van der Waals surface area contributed by atoms with Gasteiger partial charge in [0.05, 0.1) is 9.92 Å². The predicted molar refractivity (Wildman–Crippen MR) is 104 cm³/mol. The third kappa shape index (κ3) is 3.28. The number of para-hydroxylation sites is 1. The smallest absolute Gasteiger partial charge is 0.271 e. The molecular formula is C19H17ClFN3O3S. The fourth-order valence-corrected chi connectivity index (χ4v) is 5.02. The van der Waals surface area contributed by atoms with Crippen LogP contribution in [0.15, 0.2) is 53.4 Å². The number of sulfonamides is 1. The number of nitrogens with zero attached hydrogens (tertiary/aromatic N) is 2. The maximum Gasteiger partial charge on any atom is 0.271 e. The van der Waals surface area contributed by atoms with E-state index in [-0.39, 0.29) is 37.0 Å². The number of hydrogen-bond donors (Lipinski definition) is 1. The third-order valence-corrected chi connectivity index (χ3v) is 7.14. The zero-order valence-electron chi connectivity index (χ0n) is 14.7. The Labute approximate surface area is 166 Å². The van der Waals surface area contributed by atoms with Gasteiger partial charge < -0.3 is 9.88 Å². The average molecular weight is 422 g/mol. The summed E-state index contributed by atoms with van der Waals surface area (Å²) in [5.41, 5.74) is 1.08. The van der Waals surface area contributed by atoms with Gasteiger partial charge in [0.2, 0.25) is 10.0 Å². The Bertz CT molecular complexity index is 1140. The molecule has 6 nitrogen and oxygen atoms in total. The van der Waals surface area contributed by atoms with E-state index in [0.29, 0.717) is 10.7 Å². The van der Waals surface area contributed by atoms with Crippen LogP contribution in [0.4, 0.5) is 4.39 Å². The second kappa shape index (κ2) is 7.20. The van der Waals surface area contributed by atoms with Gasteiger partial charge >= 0.3 is 0 Å². The van der Waals surface area contributed by atoms with Crippen molar-refractivity contribution in [2.75, 3.05) is 26.2 Å². The number of aromatic nitrogens is 1. The molecule has 146 valence electrons. The lowest BCUT2D eigenvalue weighted by Crippen LogP contribution is -2.50. The SMILES string of the molecule is O=C(c1[nH]c2ccccc2c1Cl)N1CCN(S(=O)(=O)c2ccc(F)cc2)CC1. The molecule has 1 aliphatic rings. The molecule has 3 aromatic rings. The van der Waals surface area contributed by atoms with Crippen LogP contribution in [0.1, 0.15) is 10.5 Å². The second-order valence-electron chi connectivity index (χ2n) is 6.51. The summed E-state index contributed by atoms with van der Waals surface area (Å²) >= 11 is 6.35. The molecule has 1 saturated heterocycles.